The van der Waals surface area contributed by atoms with Gasteiger partial charge in [0.25, 0.3) is 0 Å². The number of benzene rings is 3. The van der Waals surface area contributed by atoms with Crippen LogP contribution in [0.4, 0.5) is 4.39 Å². The minimum atomic E-state index is -0.178. The van der Waals surface area contributed by atoms with Gasteiger partial charge in [0.2, 0.25) is 0 Å². The van der Waals surface area contributed by atoms with Crippen molar-refractivity contribution in [2.24, 2.45) is 0 Å². The Morgan fingerprint density at radius 3 is 2.41 bits per heavy atom. The second-order valence-corrected chi connectivity index (χ2v) is 8.65. The summed E-state index contributed by atoms with van der Waals surface area (Å²) in [5, 5.41) is 1.66. The van der Waals surface area contributed by atoms with Gasteiger partial charge >= 0.3 is 0 Å². The van der Waals surface area contributed by atoms with Crippen LogP contribution in [0.15, 0.2) is 66.9 Å². The Labute approximate surface area is 173 Å². The molecule has 0 saturated carbocycles. The molecule has 0 bridgehead atoms. The van der Waals surface area contributed by atoms with Gasteiger partial charge in [0.1, 0.15) is 5.82 Å². The van der Waals surface area contributed by atoms with Crippen molar-refractivity contribution >= 4 is 31.5 Å². The quantitative estimate of drug-likeness (QED) is 0.295. The number of aromatic nitrogens is 1. The van der Waals surface area contributed by atoms with Crippen LogP contribution in [0.2, 0.25) is 0 Å². The molecule has 3 heteroatoms. The molecule has 1 nitrogen and oxygen atoms in total. The zero-order valence-electron chi connectivity index (χ0n) is 16.6. The summed E-state index contributed by atoms with van der Waals surface area (Å²) in [6, 6.07) is 20.0. The summed E-state index contributed by atoms with van der Waals surface area (Å²) in [4.78, 5) is 4.65. The first kappa shape index (κ1) is 18.0. The molecule has 5 rings (SSSR count). The number of halogens is 1. The molecule has 5 aromatic rings. The summed E-state index contributed by atoms with van der Waals surface area (Å²) in [7, 11) is 0. The average molecular weight is 398 g/mol. The summed E-state index contributed by atoms with van der Waals surface area (Å²) in [6.45, 7) is 6.42. The molecule has 142 valence electrons. The fourth-order valence-corrected chi connectivity index (χ4v) is 5.60. The number of fused-ring (bicyclic) bond motifs is 3. The molecule has 3 aromatic carbocycles. The lowest BCUT2D eigenvalue weighted by Gasteiger charge is -2.13. The van der Waals surface area contributed by atoms with Crippen LogP contribution >= 0.6 is 11.3 Å². The molecule has 0 radical (unpaired) electrons. The van der Waals surface area contributed by atoms with Gasteiger partial charge in [-0.2, -0.15) is 0 Å². The summed E-state index contributed by atoms with van der Waals surface area (Å²) in [5.41, 5.74) is 8.02. The minimum Gasteiger partial charge on any atom is -0.256 e. The second kappa shape index (κ2) is 6.78. The number of nitrogens with zero attached hydrogens (tertiary/aromatic N) is 1. The zero-order valence-corrected chi connectivity index (χ0v) is 17.4. The molecule has 0 aliphatic rings. The smallest absolute Gasteiger partial charge is 0.132 e. The van der Waals surface area contributed by atoms with E-state index in [1.807, 2.05) is 36.5 Å². The second-order valence-electron chi connectivity index (χ2n) is 7.60. The van der Waals surface area contributed by atoms with Crippen molar-refractivity contribution in [3.8, 4) is 22.4 Å². The van der Waals surface area contributed by atoms with Gasteiger partial charge in [0.05, 0.1) is 5.69 Å². The molecule has 0 unspecified atom stereocenters. The highest BCUT2D eigenvalue weighted by Gasteiger charge is 2.16. The maximum Gasteiger partial charge on any atom is 0.132 e. The monoisotopic (exact) mass is 397 g/mol. The van der Waals surface area contributed by atoms with Crippen LogP contribution in [0.25, 0.3) is 42.6 Å². The van der Waals surface area contributed by atoms with Crippen molar-refractivity contribution in [2.45, 2.75) is 20.8 Å². The Hall–Kier alpha value is -3.04. The van der Waals surface area contributed by atoms with E-state index in [4.69, 9.17) is 0 Å². The van der Waals surface area contributed by atoms with Crippen molar-refractivity contribution in [3.63, 3.8) is 0 Å². The Bertz CT molecular complexity index is 1370. The summed E-state index contributed by atoms with van der Waals surface area (Å²) in [5.74, 6) is -0.178. The number of rotatable bonds is 2. The van der Waals surface area contributed by atoms with Crippen molar-refractivity contribution < 1.29 is 4.39 Å². The van der Waals surface area contributed by atoms with Gasteiger partial charge in [-0.1, -0.05) is 35.9 Å². The zero-order chi connectivity index (χ0) is 20.1. The fourth-order valence-electron chi connectivity index (χ4n) is 4.36. The van der Waals surface area contributed by atoms with Crippen molar-refractivity contribution in [1.82, 2.24) is 4.98 Å². The Balaban J connectivity index is 1.75. The normalized spacial score (nSPS) is 11.4. The van der Waals surface area contributed by atoms with Crippen LogP contribution in [0.3, 0.4) is 0 Å². The molecule has 0 aliphatic heterocycles. The van der Waals surface area contributed by atoms with E-state index in [1.54, 1.807) is 17.4 Å². The first-order chi connectivity index (χ1) is 14.0. The Kier molecular flexibility index (Phi) is 4.21. The maximum atomic E-state index is 14.7. The molecule has 0 amide bonds. The summed E-state index contributed by atoms with van der Waals surface area (Å²) >= 11 is 1.63. The van der Waals surface area contributed by atoms with E-state index in [9.17, 15) is 4.39 Å². The largest absolute Gasteiger partial charge is 0.256 e. The van der Waals surface area contributed by atoms with E-state index in [-0.39, 0.29) is 5.82 Å². The molecular formula is C26H20FNS. The molecule has 0 aliphatic carbocycles. The Morgan fingerprint density at radius 1 is 0.862 bits per heavy atom. The lowest BCUT2D eigenvalue weighted by atomic mass is 9.93. The van der Waals surface area contributed by atoms with Crippen LogP contribution in [-0.4, -0.2) is 4.98 Å². The molecule has 0 fully saturated rings. The van der Waals surface area contributed by atoms with Crippen LogP contribution in [-0.2, 0) is 0 Å². The first-order valence-electron chi connectivity index (χ1n) is 9.67. The van der Waals surface area contributed by atoms with Crippen molar-refractivity contribution in [1.29, 1.82) is 0 Å². The lowest BCUT2D eigenvalue weighted by molar-refractivity contribution is 0.641. The van der Waals surface area contributed by atoms with Gasteiger partial charge in [-0.15, -0.1) is 11.3 Å². The highest BCUT2D eigenvalue weighted by molar-refractivity contribution is 7.26. The molecule has 0 saturated heterocycles. The van der Waals surface area contributed by atoms with Crippen LogP contribution in [0.5, 0.6) is 0 Å². The molecular weight excluding hydrogens is 377 g/mol. The van der Waals surface area contributed by atoms with Crippen LogP contribution in [0, 0.1) is 26.6 Å². The van der Waals surface area contributed by atoms with Gasteiger partial charge in [-0.3, -0.25) is 4.98 Å². The standard InChI is InChI=1S/C26H20FNS/c1-15-12-16(2)24(17(3)13-15)18-10-11-28-22(14-18)19-8-9-21(27)25-20-6-4-5-7-23(20)29-26(19)25/h4-14H,1-3H3. The number of thiophene rings is 1. The molecule has 0 spiro atoms. The van der Waals surface area contributed by atoms with E-state index in [0.29, 0.717) is 5.39 Å². The predicted molar refractivity (Wildman–Crippen MR) is 122 cm³/mol. The number of hydrogen-bond acceptors (Lipinski definition) is 2. The third-order valence-corrected chi connectivity index (χ3v) is 6.68. The van der Waals surface area contributed by atoms with Gasteiger partial charge in [0, 0.05) is 31.9 Å². The fraction of sp³-hybridized carbons (Fsp3) is 0.115. The predicted octanol–water partition coefficient (Wildman–Crippen LogP) is 7.85. The van der Waals surface area contributed by atoms with Crippen LogP contribution in [0.1, 0.15) is 16.7 Å². The average Bonchev–Trinajstić information content (AvgIpc) is 3.08. The number of aryl methyl sites for hydroxylation is 3. The number of pyridine rings is 1. The maximum absolute atomic E-state index is 14.7. The highest BCUT2D eigenvalue weighted by atomic mass is 32.1. The van der Waals surface area contributed by atoms with Crippen LogP contribution < -0.4 is 0 Å². The van der Waals surface area contributed by atoms with E-state index in [1.165, 1.54) is 22.3 Å². The molecule has 2 heterocycles. The van der Waals surface area contributed by atoms with E-state index in [0.717, 1.165) is 31.6 Å². The first-order valence-corrected chi connectivity index (χ1v) is 10.5. The van der Waals surface area contributed by atoms with Gasteiger partial charge in [0.15, 0.2) is 0 Å². The molecule has 29 heavy (non-hydrogen) atoms. The number of hydrogen-bond donors (Lipinski definition) is 0. The summed E-state index contributed by atoms with van der Waals surface area (Å²) < 4.78 is 16.8. The lowest BCUT2D eigenvalue weighted by Crippen LogP contribution is -1.92. The van der Waals surface area contributed by atoms with Crippen molar-refractivity contribution in [2.75, 3.05) is 0 Å². The van der Waals surface area contributed by atoms with Gasteiger partial charge in [-0.05, 0) is 73.4 Å². The molecule has 0 atom stereocenters. The molecule has 0 N–H and O–H groups in total. The topological polar surface area (TPSA) is 12.9 Å². The van der Waals surface area contributed by atoms with E-state index < -0.39 is 0 Å². The SMILES string of the molecule is Cc1cc(C)c(-c2ccnc(-c3ccc(F)c4c3sc3ccccc34)c2)c(C)c1. The highest BCUT2D eigenvalue weighted by Crippen LogP contribution is 2.41. The van der Waals surface area contributed by atoms with E-state index >= 15 is 0 Å². The Morgan fingerprint density at radius 2 is 1.62 bits per heavy atom. The third kappa shape index (κ3) is 2.93. The molecule has 2 aromatic heterocycles. The van der Waals surface area contributed by atoms with Crippen molar-refractivity contribution in [3.05, 3.63) is 89.4 Å². The summed E-state index contributed by atoms with van der Waals surface area (Å²) in [6.07, 6.45) is 1.85. The third-order valence-electron chi connectivity index (χ3n) is 5.48. The minimum absolute atomic E-state index is 0.178. The van der Waals surface area contributed by atoms with E-state index in [2.05, 4.69) is 50.0 Å². The van der Waals surface area contributed by atoms with Gasteiger partial charge in [-0.25, -0.2) is 4.39 Å². The van der Waals surface area contributed by atoms with Gasteiger partial charge < -0.3 is 0 Å².